The van der Waals surface area contributed by atoms with Crippen LogP contribution in [0.25, 0.3) is 0 Å². The predicted molar refractivity (Wildman–Crippen MR) is 63.8 cm³/mol. The first-order valence-corrected chi connectivity index (χ1v) is 5.53. The summed E-state index contributed by atoms with van der Waals surface area (Å²) in [6, 6.07) is 6.05. The van der Waals surface area contributed by atoms with E-state index in [4.69, 9.17) is 4.74 Å². The van der Waals surface area contributed by atoms with Crippen LogP contribution in [0.1, 0.15) is 18.4 Å². The molecule has 0 fully saturated rings. The van der Waals surface area contributed by atoms with Gasteiger partial charge in [0.1, 0.15) is 5.75 Å². The topological polar surface area (TPSA) is 9.23 Å². The highest BCUT2D eigenvalue weighted by Crippen LogP contribution is 2.22. The number of benzene rings is 1. The average Bonchev–Trinajstić information content (AvgIpc) is 2.15. The molecule has 0 heterocycles. The Morgan fingerprint density at radius 3 is 2.93 bits per heavy atom. The Hall–Kier alpha value is -0.760. The third kappa shape index (κ3) is 3.54. The second-order valence-electron chi connectivity index (χ2n) is 3.19. The molecule has 1 aromatic rings. The molecule has 0 saturated carbocycles. The fraction of sp³-hybridized carbons (Fsp3) is 0.333. The van der Waals surface area contributed by atoms with Crippen LogP contribution in [0.4, 0.5) is 0 Å². The zero-order chi connectivity index (χ0) is 10.4. The maximum atomic E-state index is 5.63. The van der Waals surface area contributed by atoms with Crippen LogP contribution >= 0.6 is 15.9 Å². The number of aryl methyl sites for hydroxylation is 1. The van der Waals surface area contributed by atoms with Crippen molar-refractivity contribution in [3.8, 4) is 5.75 Å². The van der Waals surface area contributed by atoms with Gasteiger partial charge in [0.05, 0.1) is 6.61 Å². The zero-order valence-corrected chi connectivity index (χ0v) is 10.0. The first-order chi connectivity index (χ1) is 6.74. The van der Waals surface area contributed by atoms with Crippen LogP contribution in [0.15, 0.2) is 35.3 Å². The van der Waals surface area contributed by atoms with E-state index in [0.717, 1.165) is 35.2 Å². The normalized spacial score (nSPS) is 9.86. The number of hydrogen-bond donors (Lipinski definition) is 0. The minimum Gasteiger partial charge on any atom is -0.493 e. The quantitative estimate of drug-likeness (QED) is 0.568. The molecular weight excluding hydrogens is 240 g/mol. The summed E-state index contributed by atoms with van der Waals surface area (Å²) in [5, 5.41) is 0. The summed E-state index contributed by atoms with van der Waals surface area (Å²) < 4.78 is 6.72. The molecular formula is C12H15BrO. The van der Waals surface area contributed by atoms with Gasteiger partial charge in [-0.2, -0.15) is 0 Å². The van der Waals surface area contributed by atoms with Crippen molar-refractivity contribution in [2.45, 2.75) is 19.8 Å². The number of hydrogen-bond acceptors (Lipinski definition) is 1. The third-order valence-electron chi connectivity index (χ3n) is 1.95. The Kier molecular flexibility index (Phi) is 4.74. The Morgan fingerprint density at radius 1 is 1.50 bits per heavy atom. The van der Waals surface area contributed by atoms with E-state index in [9.17, 15) is 0 Å². The Bertz CT molecular complexity index is 307. The van der Waals surface area contributed by atoms with E-state index >= 15 is 0 Å². The lowest BCUT2D eigenvalue weighted by Gasteiger charge is -2.08. The van der Waals surface area contributed by atoms with Crippen LogP contribution in [-0.4, -0.2) is 6.61 Å². The second-order valence-corrected chi connectivity index (χ2v) is 4.10. The van der Waals surface area contributed by atoms with Crippen molar-refractivity contribution in [3.05, 3.63) is 40.9 Å². The summed E-state index contributed by atoms with van der Waals surface area (Å²) >= 11 is 3.42. The van der Waals surface area contributed by atoms with Gasteiger partial charge in [-0.25, -0.2) is 0 Å². The van der Waals surface area contributed by atoms with E-state index in [-0.39, 0.29) is 0 Å². The molecule has 1 aromatic carbocycles. The van der Waals surface area contributed by atoms with E-state index in [0.29, 0.717) is 0 Å². The fourth-order valence-electron chi connectivity index (χ4n) is 1.18. The highest BCUT2D eigenvalue weighted by molar-refractivity contribution is 9.10. The summed E-state index contributed by atoms with van der Waals surface area (Å²) in [5.41, 5.74) is 1.16. The highest BCUT2D eigenvalue weighted by atomic mass is 79.9. The molecule has 0 atom stereocenters. The van der Waals surface area contributed by atoms with Gasteiger partial charge >= 0.3 is 0 Å². The van der Waals surface area contributed by atoms with Crippen molar-refractivity contribution in [1.29, 1.82) is 0 Å². The standard InChI is InChI=1S/C12H15BrO/c1-3-4-5-8-14-12-7-6-11(13)9-10(12)2/h3,6-7,9H,1,4-5,8H2,2H3. The number of ether oxygens (including phenoxy) is 1. The van der Waals surface area contributed by atoms with E-state index < -0.39 is 0 Å². The van der Waals surface area contributed by atoms with Crippen molar-refractivity contribution in [2.24, 2.45) is 0 Å². The minimum absolute atomic E-state index is 0.758. The maximum Gasteiger partial charge on any atom is 0.122 e. The van der Waals surface area contributed by atoms with Crippen LogP contribution in [0.3, 0.4) is 0 Å². The number of halogens is 1. The largest absolute Gasteiger partial charge is 0.493 e. The van der Waals surface area contributed by atoms with Crippen LogP contribution < -0.4 is 4.74 Å². The zero-order valence-electron chi connectivity index (χ0n) is 8.42. The molecule has 0 aliphatic heterocycles. The molecule has 0 bridgehead atoms. The van der Waals surface area contributed by atoms with Gasteiger partial charge in [-0.05, 0) is 43.5 Å². The summed E-state index contributed by atoms with van der Waals surface area (Å²) in [6.45, 7) is 6.48. The molecule has 14 heavy (non-hydrogen) atoms. The molecule has 0 amide bonds. The molecule has 0 radical (unpaired) electrons. The number of allylic oxidation sites excluding steroid dienone is 1. The maximum absolute atomic E-state index is 5.63. The summed E-state index contributed by atoms with van der Waals surface area (Å²) in [5.74, 6) is 0.970. The van der Waals surface area contributed by atoms with Crippen molar-refractivity contribution in [2.75, 3.05) is 6.61 Å². The molecule has 76 valence electrons. The molecule has 1 nitrogen and oxygen atoms in total. The number of unbranched alkanes of at least 4 members (excludes halogenated alkanes) is 1. The van der Waals surface area contributed by atoms with Gasteiger partial charge in [0.25, 0.3) is 0 Å². The van der Waals surface area contributed by atoms with E-state index in [1.54, 1.807) is 0 Å². The SMILES string of the molecule is C=CCCCOc1ccc(Br)cc1C. The summed E-state index contributed by atoms with van der Waals surface area (Å²) in [4.78, 5) is 0. The van der Waals surface area contributed by atoms with Crippen LogP contribution in [-0.2, 0) is 0 Å². The van der Waals surface area contributed by atoms with Crippen molar-refractivity contribution < 1.29 is 4.74 Å². The van der Waals surface area contributed by atoms with Crippen LogP contribution in [0.2, 0.25) is 0 Å². The molecule has 0 spiro atoms. The van der Waals surface area contributed by atoms with Crippen LogP contribution in [0.5, 0.6) is 5.75 Å². The fourth-order valence-corrected chi connectivity index (χ4v) is 1.66. The lowest BCUT2D eigenvalue weighted by Crippen LogP contribution is -1.97. The molecule has 0 aliphatic carbocycles. The summed E-state index contributed by atoms with van der Waals surface area (Å²) in [6.07, 6.45) is 3.95. The van der Waals surface area contributed by atoms with Gasteiger partial charge in [-0.1, -0.05) is 22.0 Å². The van der Waals surface area contributed by atoms with Crippen molar-refractivity contribution >= 4 is 15.9 Å². The monoisotopic (exact) mass is 254 g/mol. The van der Waals surface area contributed by atoms with Crippen LogP contribution in [0, 0.1) is 6.92 Å². The van der Waals surface area contributed by atoms with Gasteiger partial charge in [0.15, 0.2) is 0 Å². The first-order valence-electron chi connectivity index (χ1n) is 4.74. The molecule has 0 saturated heterocycles. The Balaban J connectivity index is 2.46. The highest BCUT2D eigenvalue weighted by Gasteiger charge is 1.98. The molecule has 1 rings (SSSR count). The first kappa shape index (κ1) is 11.3. The van der Waals surface area contributed by atoms with E-state index in [1.165, 1.54) is 0 Å². The number of rotatable bonds is 5. The lowest BCUT2D eigenvalue weighted by molar-refractivity contribution is 0.310. The molecule has 0 N–H and O–H groups in total. The van der Waals surface area contributed by atoms with Crippen molar-refractivity contribution in [3.63, 3.8) is 0 Å². The molecule has 0 aromatic heterocycles. The molecule has 0 unspecified atom stereocenters. The molecule has 2 heteroatoms. The second kappa shape index (κ2) is 5.86. The molecule has 0 aliphatic rings. The van der Waals surface area contributed by atoms with E-state index in [1.807, 2.05) is 25.1 Å². The average molecular weight is 255 g/mol. The third-order valence-corrected chi connectivity index (χ3v) is 2.44. The van der Waals surface area contributed by atoms with Gasteiger partial charge < -0.3 is 4.74 Å². The lowest BCUT2D eigenvalue weighted by atomic mass is 10.2. The Labute approximate surface area is 93.9 Å². The van der Waals surface area contributed by atoms with Gasteiger partial charge in [0.2, 0.25) is 0 Å². The Morgan fingerprint density at radius 2 is 2.29 bits per heavy atom. The minimum atomic E-state index is 0.758. The van der Waals surface area contributed by atoms with Gasteiger partial charge in [-0.3, -0.25) is 0 Å². The van der Waals surface area contributed by atoms with Crippen molar-refractivity contribution in [1.82, 2.24) is 0 Å². The van der Waals surface area contributed by atoms with Gasteiger partial charge in [-0.15, -0.1) is 6.58 Å². The van der Waals surface area contributed by atoms with Gasteiger partial charge in [0, 0.05) is 4.47 Å². The summed E-state index contributed by atoms with van der Waals surface area (Å²) in [7, 11) is 0. The smallest absolute Gasteiger partial charge is 0.122 e. The predicted octanol–water partition coefficient (Wildman–Crippen LogP) is 4.10. The van der Waals surface area contributed by atoms with E-state index in [2.05, 4.69) is 28.6 Å².